The van der Waals surface area contributed by atoms with Crippen molar-refractivity contribution in [3.63, 3.8) is 0 Å². The third kappa shape index (κ3) is 2.97. The first-order valence-corrected chi connectivity index (χ1v) is 6.42. The Hall–Kier alpha value is -1.10. The van der Waals surface area contributed by atoms with E-state index in [0.717, 1.165) is 38.8 Å². The van der Waals surface area contributed by atoms with Gasteiger partial charge in [-0.25, -0.2) is 0 Å². The zero-order valence-electron chi connectivity index (χ0n) is 9.95. The number of hydrogen-bond donors (Lipinski definition) is 3. The van der Waals surface area contributed by atoms with Crippen LogP contribution < -0.4 is 10.6 Å². The minimum Gasteiger partial charge on any atom is -0.481 e. The second kappa shape index (κ2) is 5.49. The molecule has 1 aliphatic carbocycles. The van der Waals surface area contributed by atoms with Gasteiger partial charge in [0.05, 0.1) is 11.8 Å². The summed E-state index contributed by atoms with van der Waals surface area (Å²) in [6.45, 7) is 1.70. The van der Waals surface area contributed by atoms with Crippen molar-refractivity contribution in [3.05, 3.63) is 0 Å². The van der Waals surface area contributed by atoms with Crippen molar-refractivity contribution < 1.29 is 14.7 Å². The van der Waals surface area contributed by atoms with E-state index in [4.69, 9.17) is 5.11 Å². The fourth-order valence-electron chi connectivity index (χ4n) is 2.80. The highest BCUT2D eigenvalue weighted by molar-refractivity contribution is 5.80. The number of aliphatic carboxylic acids is 1. The van der Waals surface area contributed by atoms with E-state index in [1.807, 2.05) is 0 Å². The lowest BCUT2D eigenvalue weighted by atomic mass is 9.97. The predicted octanol–water partition coefficient (Wildman–Crippen LogP) is 0.355. The van der Waals surface area contributed by atoms with Crippen molar-refractivity contribution in [1.29, 1.82) is 0 Å². The number of carboxylic acid groups (broad SMARTS) is 1. The number of carboxylic acids is 1. The summed E-state index contributed by atoms with van der Waals surface area (Å²) in [6, 6.07) is -0.165. The smallest absolute Gasteiger partial charge is 0.308 e. The third-order valence-corrected chi connectivity index (χ3v) is 3.83. The number of hydrogen-bond acceptors (Lipinski definition) is 3. The van der Waals surface area contributed by atoms with Gasteiger partial charge in [0.15, 0.2) is 0 Å². The Kier molecular flexibility index (Phi) is 3.99. The van der Waals surface area contributed by atoms with Gasteiger partial charge < -0.3 is 15.7 Å². The molecule has 3 unspecified atom stereocenters. The largest absolute Gasteiger partial charge is 0.481 e. The molecule has 3 atom stereocenters. The topological polar surface area (TPSA) is 78.4 Å². The van der Waals surface area contributed by atoms with Crippen molar-refractivity contribution in [3.8, 4) is 0 Å². The Morgan fingerprint density at radius 2 is 2.00 bits per heavy atom. The second-order valence-electron chi connectivity index (χ2n) is 5.03. The van der Waals surface area contributed by atoms with Crippen LogP contribution in [-0.4, -0.2) is 36.1 Å². The minimum absolute atomic E-state index is 0.0128. The highest BCUT2D eigenvalue weighted by Crippen LogP contribution is 2.26. The normalized spacial score (nSPS) is 33.3. The van der Waals surface area contributed by atoms with Gasteiger partial charge in [0.1, 0.15) is 0 Å². The third-order valence-electron chi connectivity index (χ3n) is 3.83. The Morgan fingerprint density at radius 1 is 1.18 bits per heavy atom. The number of carbonyl (C=O) groups is 2. The predicted molar refractivity (Wildman–Crippen MR) is 62.5 cm³/mol. The zero-order chi connectivity index (χ0) is 12.3. The van der Waals surface area contributed by atoms with Crippen LogP contribution in [-0.2, 0) is 9.59 Å². The molecule has 0 aromatic rings. The van der Waals surface area contributed by atoms with Gasteiger partial charge in [-0.15, -0.1) is 0 Å². The molecule has 0 aromatic carbocycles. The Balaban J connectivity index is 1.86. The summed E-state index contributed by atoms with van der Waals surface area (Å²) in [4.78, 5) is 23.0. The van der Waals surface area contributed by atoms with Gasteiger partial charge in [-0.05, 0) is 32.2 Å². The average Bonchev–Trinajstić information content (AvgIpc) is 2.78. The summed E-state index contributed by atoms with van der Waals surface area (Å²) in [6.07, 6.45) is 4.30. The van der Waals surface area contributed by atoms with Crippen molar-refractivity contribution in [2.24, 2.45) is 11.8 Å². The van der Waals surface area contributed by atoms with E-state index >= 15 is 0 Å². The lowest BCUT2D eigenvalue weighted by Gasteiger charge is -2.25. The molecule has 5 nitrogen and oxygen atoms in total. The molecule has 1 saturated carbocycles. The molecule has 0 spiro atoms. The molecule has 1 amide bonds. The molecule has 1 aliphatic heterocycles. The van der Waals surface area contributed by atoms with Crippen LogP contribution >= 0.6 is 0 Å². The molecule has 0 bridgehead atoms. The van der Waals surface area contributed by atoms with E-state index in [0.29, 0.717) is 6.42 Å². The highest BCUT2D eigenvalue weighted by atomic mass is 16.4. The molecular weight excluding hydrogens is 220 g/mol. The lowest BCUT2D eigenvalue weighted by Crippen LogP contribution is -2.46. The van der Waals surface area contributed by atoms with Gasteiger partial charge in [0.2, 0.25) is 5.91 Å². The van der Waals surface area contributed by atoms with Crippen molar-refractivity contribution >= 4 is 11.9 Å². The van der Waals surface area contributed by atoms with Gasteiger partial charge in [-0.3, -0.25) is 9.59 Å². The van der Waals surface area contributed by atoms with E-state index in [-0.39, 0.29) is 17.9 Å². The van der Waals surface area contributed by atoms with E-state index in [1.54, 1.807) is 0 Å². The van der Waals surface area contributed by atoms with Crippen LogP contribution in [0, 0.1) is 11.8 Å². The minimum atomic E-state index is -0.783. The quantitative estimate of drug-likeness (QED) is 0.665. The Bertz CT molecular complexity index is 300. The summed E-state index contributed by atoms with van der Waals surface area (Å²) < 4.78 is 0. The zero-order valence-corrected chi connectivity index (χ0v) is 9.95. The first-order chi connectivity index (χ1) is 8.18. The monoisotopic (exact) mass is 240 g/mol. The summed E-state index contributed by atoms with van der Waals surface area (Å²) in [7, 11) is 0. The second-order valence-corrected chi connectivity index (χ2v) is 5.03. The fraction of sp³-hybridized carbons (Fsp3) is 0.833. The molecule has 3 N–H and O–H groups in total. The maximum atomic E-state index is 12.0. The maximum Gasteiger partial charge on any atom is 0.308 e. The SMILES string of the molecule is O=C(NC1CCCC1C(=O)O)C1CCCNC1. The molecular formula is C12H20N2O3. The van der Waals surface area contributed by atoms with Crippen LogP contribution in [0.4, 0.5) is 0 Å². The molecule has 0 aromatic heterocycles. The van der Waals surface area contributed by atoms with Crippen LogP contribution in [0.5, 0.6) is 0 Å². The number of carbonyl (C=O) groups excluding carboxylic acids is 1. The van der Waals surface area contributed by atoms with Crippen molar-refractivity contribution in [2.75, 3.05) is 13.1 Å². The first-order valence-electron chi connectivity index (χ1n) is 6.42. The standard InChI is InChI=1S/C12H20N2O3/c15-11(8-3-2-6-13-7-8)14-10-5-1-4-9(10)12(16)17/h8-10,13H,1-7H2,(H,14,15)(H,16,17). The lowest BCUT2D eigenvalue weighted by molar-refractivity contribution is -0.142. The first kappa shape index (κ1) is 12.4. The molecule has 2 aliphatic rings. The van der Waals surface area contributed by atoms with Gasteiger partial charge in [0.25, 0.3) is 0 Å². The maximum absolute atomic E-state index is 12.0. The molecule has 5 heteroatoms. The van der Waals surface area contributed by atoms with E-state index in [2.05, 4.69) is 10.6 Å². The van der Waals surface area contributed by atoms with Crippen LogP contribution in [0.2, 0.25) is 0 Å². The molecule has 1 heterocycles. The molecule has 1 saturated heterocycles. The Labute approximate surface area is 101 Å². The highest BCUT2D eigenvalue weighted by Gasteiger charge is 2.35. The van der Waals surface area contributed by atoms with E-state index in [1.165, 1.54) is 0 Å². The molecule has 2 fully saturated rings. The number of nitrogens with one attached hydrogen (secondary N) is 2. The molecule has 17 heavy (non-hydrogen) atoms. The summed E-state index contributed by atoms with van der Waals surface area (Å²) in [5.74, 6) is -1.14. The van der Waals surface area contributed by atoms with Crippen LogP contribution in [0.1, 0.15) is 32.1 Å². The van der Waals surface area contributed by atoms with Crippen LogP contribution in [0.25, 0.3) is 0 Å². The average molecular weight is 240 g/mol. The van der Waals surface area contributed by atoms with Crippen LogP contribution in [0.15, 0.2) is 0 Å². The number of rotatable bonds is 3. The fourth-order valence-corrected chi connectivity index (χ4v) is 2.80. The van der Waals surface area contributed by atoms with Gasteiger partial charge in [0, 0.05) is 12.6 Å². The number of amides is 1. The molecule has 2 rings (SSSR count). The summed E-state index contributed by atoms with van der Waals surface area (Å²) in [5, 5.41) is 15.2. The van der Waals surface area contributed by atoms with Gasteiger partial charge in [-0.2, -0.15) is 0 Å². The number of piperidine rings is 1. The van der Waals surface area contributed by atoms with Gasteiger partial charge in [-0.1, -0.05) is 6.42 Å². The van der Waals surface area contributed by atoms with E-state index < -0.39 is 11.9 Å². The van der Waals surface area contributed by atoms with Crippen molar-refractivity contribution in [1.82, 2.24) is 10.6 Å². The van der Waals surface area contributed by atoms with E-state index in [9.17, 15) is 9.59 Å². The molecule has 96 valence electrons. The Morgan fingerprint density at radius 3 is 2.65 bits per heavy atom. The van der Waals surface area contributed by atoms with Gasteiger partial charge >= 0.3 is 5.97 Å². The summed E-state index contributed by atoms with van der Waals surface area (Å²) >= 11 is 0. The van der Waals surface area contributed by atoms with Crippen LogP contribution in [0.3, 0.4) is 0 Å². The molecule has 0 radical (unpaired) electrons. The summed E-state index contributed by atoms with van der Waals surface area (Å²) in [5.41, 5.74) is 0. The van der Waals surface area contributed by atoms with Crippen molar-refractivity contribution in [2.45, 2.75) is 38.1 Å².